The van der Waals surface area contributed by atoms with Crippen molar-refractivity contribution in [1.29, 1.82) is 0 Å². The molecule has 0 fully saturated rings. The summed E-state index contributed by atoms with van der Waals surface area (Å²) in [5, 5.41) is 4.94. The Balaban J connectivity index is 0.953. The number of hydrogen-bond acceptors (Lipinski definition) is 1. The molecule has 2 heterocycles. The Morgan fingerprint density at radius 2 is 0.753 bits per heavy atom. The molecule has 12 aromatic carbocycles. The first-order chi connectivity index (χ1) is 36.3. The third-order valence-electron chi connectivity index (χ3n) is 15.8. The van der Waals surface area contributed by atoms with Gasteiger partial charge in [0.2, 0.25) is 0 Å². The molecule has 0 amide bonds. The van der Waals surface area contributed by atoms with E-state index in [1.54, 1.807) is 0 Å². The van der Waals surface area contributed by atoms with E-state index >= 15 is 0 Å². The summed E-state index contributed by atoms with van der Waals surface area (Å²) < 4.78 is 2.52. The van der Waals surface area contributed by atoms with Gasteiger partial charge in [0.15, 0.2) is 0 Å². The molecule has 1 aliphatic carbocycles. The summed E-state index contributed by atoms with van der Waals surface area (Å²) in [5.74, 6) is 0. The van der Waals surface area contributed by atoms with E-state index in [2.05, 4.69) is 289 Å². The molecule has 0 saturated heterocycles. The van der Waals surface area contributed by atoms with Crippen LogP contribution in [0.1, 0.15) is 22.3 Å². The van der Waals surface area contributed by atoms with E-state index in [1.807, 2.05) is 0 Å². The summed E-state index contributed by atoms with van der Waals surface area (Å²) >= 11 is 0. The number of para-hydroxylation sites is 5. The lowest BCUT2D eigenvalue weighted by Gasteiger charge is -2.39. The lowest BCUT2D eigenvalue weighted by molar-refractivity contribution is 0.749. The fourth-order valence-corrected chi connectivity index (χ4v) is 12.8. The Morgan fingerprint density at radius 3 is 1.51 bits per heavy atom. The number of aromatic nitrogens is 1. The standard InChI is InChI=1S/C71H46N2/c1-3-20-47(21-4-1)48-38-40-50(41-39-48)54-25-11-16-35-66(54)72(65-34-15-10-24-53(65)49-22-5-2-6-23-49)68-45-44-52(55-26-7-8-28-58(55)68)51-42-43-57-56-27-9-13-31-61(56)71(64(57)46-51)62-32-14-18-37-69(62)73-67-36-17-12-29-59(67)60-30-19-33-63(71)70(60)73/h1-46H. The van der Waals surface area contributed by atoms with E-state index in [0.29, 0.717) is 0 Å². The Hall–Kier alpha value is -9.50. The van der Waals surface area contributed by atoms with Crippen LogP contribution in [0.5, 0.6) is 0 Å². The summed E-state index contributed by atoms with van der Waals surface area (Å²) in [4.78, 5) is 2.50. The molecule has 73 heavy (non-hydrogen) atoms. The summed E-state index contributed by atoms with van der Waals surface area (Å²) in [6.45, 7) is 0. The van der Waals surface area contributed by atoms with Crippen LogP contribution in [-0.2, 0) is 5.41 Å². The SMILES string of the molecule is c1ccc(-c2ccc(-c3ccccc3N(c3ccccc3-c3ccccc3)c3ccc(-c4ccc5c(c4)C4(c6ccccc6-5)c5ccccc5-n5c6ccccc6c6cccc4c65)c4ccccc34)cc2)cc1. The zero-order chi connectivity index (χ0) is 48.0. The summed E-state index contributed by atoms with van der Waals surface area (Å²) in [5.41, 5.74) is 23.9. The molecule has 0 radical (unpaired) electrons. The van der Waals surface area contributed by atoms with Crippen molar-refractivity contribution < 1.29 is 0 Å². The fourth-order valence-electron chi connectivity index (χ4n) is 12.8. The minimum Gasteiger partial charge on any atom is -0.309 e. The van der Waals surface area contributed by atoms with E-state index in [-0.39, 0.29) is 0 Å². The molecular formula is C71H46N2. The van der Waals surface area contributed by atoms with Crippen molar-refractivity contribution in [3.8, 4) is 61.3 Å². The molecule has 1 atom stereocenters. The average Bonchev–Trinajstić information content (AvgIpc) is 3.97. The van der Waals surface area contributed by atoms with Gasteiger partial charge in [-0.25, -0.2) is 0 Å². The number of benzene rings is 12. The predicted octanol–water partition coefficient (Wildman–Crippen LogP) is 18.8. The van der Waals surface area contributed by atoms with E-state index < -0.39 is 5.41 Å². The van der Waals surface area contributed by atoms with Crippen LogP contribution in [0.2, 0.25) is 0 Å². The Morgan fingerprint density at radius 1 is 0.260 bits per heavy atom. The van der Waals surface area contributed by atoms with Gasteiger partial charge in [0.1, 0.15) is 0 Å². The average molecular weight is 927 g/mol. The van der Waals surface area contributed by atoms with Gasteiger partial charge in [-0.1, -0.05) is 243 Å². The van der Waals surface area contributed by atoms with Gasteiger partial charge >= 0.3 is 0 Å². The third-order valence-corrected chi connectivity index (χ3v) is 15.8. The molecule has 0 N–H and O–H groups in total. The van der Waals surface area contributed by atoms with Gasteiger partial charge in [-0.15, -0.1) is 0 Å². The highest BCUT2D eigenvalue weighted by Gasteiger charge is 2.51. The first kappa shape index (κ1) is 41.3. The summed E-state index contributed by atoms with van der Waals surface area (Å²) in [6.07, 6.45) is 0. The molecule has 1 aromatic heterocycles. The third kappa shape index (κ3) is 6.05. The number of anilines is 3. The van der Waals surface area contributed by atoms with Crippen LogP contribution < -0.4 is 4.90 Å². The Kier molecular flexibility index (Phi) is 9.21. The first-order valence-corrected chi connectivity index (χ1v) is 25.3. The van der Waals surface area contributed by atoms with Crippen molar-refractivity contribution in [3.63, 3.8) is 0 Å². The first-order valence-electron chi connectivity index (χ1n) is 25.3. The fraction of sp³-hybridized carbons (Fsp3) is 0.0141. The van der Waals surface area contributed by atoms with Gasteiger partial charge in [0.25, 0.3) is 0 Å². The highest BCUT2D eigenvalue weighted by atomic mass is 15.1. The maximum atomic E-state index is 2.53. The van der Waals surface area contributed by atoms with Crippen LogP contribution in [0.25, 0.3) is 93.9 Å². The van der Waals surface area contributed by atoms with Gasteiger partial charge in [-0.05, 0) is 109 Å². The smallest absolute Gasteiger partial charge is 0.0754 e. The second-order valence-electron chi connectivity index (χ2n) is 19.5. The molecule has 340 valence electrons. The highest BCUT2D eigenvalue weighted by molar-refractivity contribution is 6.13. The number of nitrogens with zero attached hydrogens (tertiary/aromatic N) is 2. The normalized spacial score (nSPS) is 14.1. The van der Waals surface area contributed by atoms with E-state index in [9.17, 15) is 0 Å². The molecule has 13 aromatic rings. The van der Waals surface area contributed by atoms with Crippen molar-refractivity contribution in [2.75, 3.05) is 4.90 Å². The molecular weight excluding hydrogens is 881 g/mol. The molecule has 2 heteroatoms. The van der Waals surface area contributed by atoms with Crippen molar-refractivity contribution in [2.45, 2.75) is 5.41 Å². The van der Waals surface area contributed by atoms with Crippen molar-refractivity contribution in [3.05, 3.63) is 301 Å². The number of hydrogen-bond donors (Lipinski definition) is 0. The second kappa shape index (κ2) is 16.3. The molecule has 1 aliphatic heterocycles. The van der Waals surface area contributed by atoms with Gasteiger partial charge in [-0.3, -0.25) is 0 Å². The predicted molar refractivity (Wildman–Crippen MR) is 306 cm³/mol. The van der Waals surface area contributed by atoms with Crippen LogP contribution in [0.15, 0.2) is 279 Å². The van der Waals surface area contributed by atoms with Crippen LogP contribution >= 0.6 is 0 Å². The van der Waals surface area contributed by atoms with E-state index in [1.165, 1.54) is 99.5 Å². The molecule has 2 aliphatic rings. The maximum absolute atomic E-state index is 2.53. The molecule has 0 bridgehead atoms. The molecule has 2 nitrogen and oxygen atoms in total. The van der Waals surface area contributed by atoms with E-state index in [4.69, 9.17) is 0 Å². The van der Waals surface area contributed by atoms with Crippen LogP contribution in [0.4, 0.5) is 17.1 Å². The van der Waals surface area contributed by atoms with Gasteiger partial charge in [-0.2, -0.15) is 0 Å². The minimum absolute atomic E-state index is 0.543. The van der Waals surface area contributed by atoms with Crippen LogP contribution in [-0.4, -0.2) is 4.57 Å². The summed E-state index contributed by atoms with van der Waals surface area (Å²) in [7, 11) is 0. The lowest BCUT2D eigenvalue weighted by Crippen LogP contribution is -2.33. The maximum Gasteiger partial charge on any atom is 0.0754 e. The molecule has 1 spiro atoms. The monoisotopic (exact) mass is 926 g/mol. The van der Waals surface area contributed by atoms with Gasteiger partial charge < -0.3 is 9.47 Å². The largest absolute Gasteiger partial charge is 0.309 e. The van der Waals surface area contributed by atoms with Crippen LogP contribution in [0, 0.1) is 0 Å². The number of fused-ring (bicyclic) bond motifs is 13. The van der Waals surface area contributed by atoms with Gasteiger partial charge in [0.05, 0.1) is 39.2 Å². The lowest BCUT2D eigenvalue weighted by atomic mass is 9.65. The Bertz CT molecular complexity index is 4320. The van der Waals surface area contributed by atoms with Crippen molar-refractivity contribution in [1.82, 2.24) is 4.57 Å². The van der Waals surface area contributed by atoms with Crippen molar-refractivity contribution >= 4 is 49.6 Å². The number of rotatable bonds is 7. The van der Waals surface area contributed by atoms with Crippen molar-refractivity contribution in [2.24, 2.45) is 0 Å². The molecule has 15 rings (SSSR count). The quantitative estimate of drug-likeness (QED) is 0.155. The molecule has 0 saturated carbocycles. The highest BCUT2D eigenvalue weighted by Crippen LogP contribution is 2.62. The van der Waals surface area contributed by atoms with Gasteiger partial charge in [0, 0.05) is 27.3 Å². The zero-order valence-corrected chi connectivity index (χ0v) is 40.0. The Labute approximate surface area is 425 Å². The van der Waals surface area contributed by atoms with Crippen LogP contribution in [0.3, 0.4) is 0 Å². The molecule has 1 unspecified atom stereocenters. The summed E-state index contributed by atoms with van der Waals surface area (Å²) in [6, 6.07) is 103. The minimum atomic E-state index is -0.543. The zero-order valence-electron chi connectivity index (χ0n) is 40.0. The van der Waals surface area contributed by atoms with E-state index in [0.717, 1.165) is 33.8 Å². The second-order valence-corrected chi connectivity index (χ2v) is 19.5. The topological polar surface area (TPSA) is 8.17 Å².